The molecule has 0 aliphatic carbocycles. The van der Waals surface area contributed by atoms with Gasteiger partial charge in [0.1, 0.15) is 0 Å². The van der Waals surface area contributed by atoms with Gasteiger partial charge in [-0.15, -0.1) is 0 Å². The summed E-state index contributed by atoms with van der Waals surface area (Å²) in [6.07, 6.45) is 6.84. The summed E-state index contributed by atoms with van der Waals surface area (Å²) in [7, 11) is 0. The molecule has 1 aromatic heterocycles. The molecule has 0 radical (unpaired) electrons. The van der Waals surface area contributed by atoms with Crippen molar-refractivity contribution in [2.45, 2.75) is 24.7 Å². The molecule has 1 aliphatic heterocycles. The summed E-state index contributed by atoms with van der Waals surface area (Å²) >= 11 is 7.81. The Kier molecular flexibility index (Phi) is 4.24. The summed E-state index contributed by atoms with van der Waals surface area (Å²) < 4.78 is 0. The molecule has 0 unspecified atom stereocenters. The predicted molar refractivity (Wildman–Crippen MR) is 83.1 cm³/mol. The van der Waals surface area contributed by atoms with Crippen LogP contribution in [0.5, 0.6) is 0 Å². The van der Waals surface area contributed by atoms with E-state index in [1.54, 1.807) is 11.8 Å². The minimum atomic E-state index is 0.824. The first-order valence-electron chi connectivity index (χ1n) is 6.60. The van der Waals surface area contributed by atoms with E-state index in [-0.39, 0.29) is 0 Å². The highest BCUT2D eigenvalue weighted by atomic mass is 35.5. The summed E-state index contributed by atoms with van der Waals surface area (Å²) in [4.78, 5) is 11.1. The summed E-state index contributed by atoms with van der Waals surface area (Å²) in [5, 5.41) is 1.72. The second-order valence-electron chi connectivity index (χ2n) is 4.92. The maximum atomic E-state index is 6.24. The topological polar surface area (TPSA) is 29.0 Å². The second kappa shape index (κ2) is 6.12. The third kappa shape index (κ3) is 2.97. The number of thioether (sulfide) groups is 1. The summed E-state index contributed by atoms with van der Waals surface area (Å²) in [6, 6.07) is 6.17. The zero-order chi connectivity index (χ0) is 13.9. The van der Waals surface area contributed by atoms with E-state index >= 15 is 0 Å². The summed E-state index contributed by atoms with van der Waals surface area (Å²) in [5.74, 6) is 0. The van der Waals surface area contributed by atoms with Crippen molar-refractivity contribution < 1.29 is 0 Å². The van der Waals surface area contributed by atoms with Gasteiger partial charge >= 0.3 is 0 Å². The maximum Gasteiger partial charge on any atom is 0.187 e. The van der Waals surface area contributed by atoms with Gasteiger partial charge in [-0.2, -0.15) is 0 Å². The smallest absolute Gasteiger partial charge is 0.187 e. The molecule has 0 saturated carbocycles. The molecule has 3 rings (SSSR count). The third-order valence-electron chi connectivity index (χ3n) is 3.56. The number of aromatic nitrogens is 2. The Bertz CT molecular complexity index is 601. The normalized spacial score (nSPS) is 15.1. The predicted octanol–water partition coefficient (Wildman–Crippen LogP) is 3.41. The van der Waals surface area contributed by atoms with Gasteiger partial charge in [-0.1, -0.05) is 35.5 Å². The number of halogens is 1. The van der Waals surface area contributed by atoms with Gasteiger partial charge in [0.2, 0.25) is 0 Å². The molecule has 0 atom stereocenters. The standard InChI is InChI=1S/C15H16ClN3S/c1-20-15-17-7-11(8-18-15)9-19-6-5-13-12(10-19)3-2-4-14(13)16/h2-4,7-8H,5-6,9-10H2,1H3. The van der Waals surface area contributed by atoms with E-state index in [0.29, 0.717) is 0 Å². The molecule has 5 heteroatoms. The molecule has 0 saturated heterocycles. The van der Waals surface area contributed by atoms with Crippen molar-refractivity contribution in [2.75, 3.05) is 12.8 Å². The number of fused-ring (bicyclic) bond motifs is 1. The molecule has 0 N–H and O–H groups in total. The molecular formula is C15H16ClN3S. The minimum Gasteiger partial charge on any atom is -0.294 e. The SMILES string of the molecule is CSc1ncc(CN2CCc3c(Cl)cccc3C2)cn1. The molecule has 0 fully saturated rings. The number of hydrogen-bond acceptors (Lipinski definition) is 4. The van der Waals surface area contributed by atoms with Crippen molar-refractivity contribution in [1.82, 2.24) is 14.9 Å². The average Bonchev–Trinajstić information content (AvgIpc) is 2.48. The zero-order valence-corrected chi connectivity index (χ0v) is 12.9. The van der Waals surface area contributed by atoms with Crippen LogP contribution in [0.3, 0.4) is 0 Å². The highest BCUT2D eigenvalue weighted by Crippen LogP contribution is 2.26. The van der Waals surface area contributed by atoms with Crippen LogP contribution >= 0.6 is 23.4 Å². The first-order chi connectivity index (χ1) is 9.76. The molecule has 2 aromatic rings. The molecule has 0 spiro atoms. The first-order valence-corrected chi connectivity index (χ1v) is 8.20. The third-order valence-corrected chi connectivity index (χ3v) is 4.49. The average molecular weight is 306 g/mol. The van der Waals surface area contributed by atoms with Gasteiger partial charge in [-0.25, -0.2) is 9.97 Å². The Balaban J connectivity index is 1.70. The van der Waals surface area contributed by atoms with E-state index in [9.17, 15) is 0 Å². The fraction of sp³-hybridized carbons (Fsp3) is 0.333. The molecular weight excluding hydrogens is 290 g/mol. The Hall–Kier alpha value is -1.10. The van der Waals surface area contributed by atoms with Gasteiger partial charge in [-0.3, -0.25) is 4.90 Å². The lowest BCUT2D eigenvalue weighted by molar-refractivity contribution is 0.245. The van der Waals surface area contributed by atoms with Crippen LogP contribution in [0.15, 0.2) is 35.7 Å². The van der Waals surface area contributed by atoms with Crippen LogP contribution in [0.2, 0.25) is 5.02 Å². The Morgan fingerprint density at radius 2 is 2.10 bits per heavy atom. The monoisotopic (exact) mass is 305 g/mol. The van der Waals surface area contributed by atoms with Crippen molar-refractivity contribution >= 4 is 23.4 Å². The Morgan fingerprint density at radius 3 is 2.85 bits per heavy atom. The highest BCUT2D eigenvalue weighted by molar-refractivity contribution is 7.98. The quantitative estimate of drug-likeness (QED) is 0.642. The van der Waals surface area contributed by atoms with Crippen molar-refractivity contribution in [1.29, 1.82) is 0 Å². The maximum absolute atomic E-state index is 6.24. The minimum absolute atomic E-state index is 0.824. The molecule has 3 nitrogen and oxygen atoms in total. The van der Waals surface area contributed by atoms with Crippen LogP contribution < -0.4 is 0 Å². The molecule has 0 bridgehead atoms. The number of nitrogens with zero attached hydrogens (tertiary/aromatic N) is 3. The Labute approximate surface area is 128 Å². The van der Waals surface area contributed by atoms with E-state index < -0.39 is 0 Å². The van der Waals surface area contributed by atoms with Crippen molar-refractivity contribution in [3.8, 4) is 0 Å². The van der Waals surface area contributed by atoms with E-state index in [1.807, 2.05) is 30.8 Å². The molecule has 104 valence electrons. The van der Waals surface area contributed by atoms with Crippen molar-refractivity contribution in [2.24, 2.45) is 0 Å². The van der Waals surface area contributed by atoms with Gasteiger partial charge in [0.05, 0.1) is 0 Å². The van der Waals surface area contributed by atoms with E-state index in [2.05, 4.69) is 20.9 Å². The zero-order valence-electron chi connectivity index (χ0n) is 11.3. The van der Waals surface area contributed by atoms with Gasteiger partial charge in [0.25, 0.3) is 0 Å². The molecule has 1 aromatic carbocycles. The molecule has 20 heavy (non-hydrogen) atoms. The van der Waals surface area contributed by atoms with Crippen molar-refractivity contribution in [3.05, 3.63) is 52.3 Å². The molecule has 1 aliphatic rings. The van der Waals surface area contributed by atoms with Crippen LogP contribution in [-0.2, 0) is 19.5 Å². The van der Waals surface area contributed by atoms with E-state index in [0.717, 1.165) is 41.8 Å². The molecule has 2 heterocycles. The van der Waals surface area contributed by atoms with Gasteiger partial charge in [0.15, 0.2) is 5.16 Å². The van der Waals surface area contributed by atoms with Gasteiger partial charge in [-0.05, 0) is 29.9 Å². The number of rotatable bonds is 3. The largest absolute Gasteiger partial charge is 0.294 e. The van der Waals surface area contributed by atoms with Gasteiger partial charge in [0, 0.05) is 42.6 Å². The van der Waals surface area contributed by atoms with Gasteiger partial charge < -0.3 is 0 Å². The van der Waals surface area contributed by atoms with Crippen molar-refractivity contribution in [3.63, 3.8) is 0 Å². The fourth-order valence-electron chi connectivity index (χ4n) is 2.54. The van der Waals surface area contributed by atoms with Crippen LogP contribution in [0.1, 0.15) is 16.7 Å². The highest BCUT2D eigenvalue weighted by Gasteiger charge is 2.18. The number of hydrogen-bond donors (Lipinski definition) is 0. The second-order valence-corrected chi connectivity index (χ2v) is 6.10. The van der Waals surface area contributed by atoms with Crippen LogP contribution in [-0.4, -0.2) is 27.7 Å². The number of benzene rings is 1. The van der Waals surface area contributed by atoms with E-state index in [4.69, 9.17) is 11.6 Å². The van der Waals surface area contributed by atoms with Crippen LogP contribution in [0.4, 0.5) is 0 Å². The summed E-state index contributed by atoms with van der Waals surface area (Å²) in [6.45, 7) is 2.86. The lowest BCUT2D eigenvalue weighted by Gasteiger charge is -2.29. The van der Waals surface area contributed by atoms with Crippen LogP contribution in [0, 0.1) is 0 Å². The lowest BCUT2D eigenvalue weighted by Crippen LogP contribution is -2.30. The molecule has 0 amide bonds. The van der Waals surface area contributed by atoms with E-state index in [1.165, 1.54) is 11.1 Å². The first kappa shape index (κ1) is 13.9. The summed E-state index contributed by atoms with van der Waals surface area (Å²) in [5.41, 5.74) is 3.80. The van der Waals surface area contributed by atoms with Crippen LogP contribution in [0.25, 0.3) is 0 Å². The fourth-order valence-corrected chi connectivity index (χ4v) is 3.15. The Morgan fingerprint density at radius 1 is 1.30 bits per heavy atom. The lowest BCUT2D eigenvalue weighted by atomic mass is 9.99.